The number of hydrogen-bond donors (Lipinski definition) is 0. The van der Waals surface area contributed by atoms with Crippen LogP contribution in [0.3, 0.4) is 0 Å². The summed E-state index contributed by atoms with van der Waals surface area (Å²) in [4.78, 5) is 18.2. The minimum Gasteiger partial charge on any atom is -0.488 e. The van der Waals surface area contributed by atoms with Crippen LogP contribution in [0, 0.1) is 5.82 Å². The van der Waals surface area contributed by atoms with E-state index >= 15 is 0 Å². The summed E-state index contributed by atoms with van der Waals surface area (Å²) in [5.41, 5.74) is 2.22. The van der Waals surface area contributed by atoms with Crippen molar-refractivity contribution < 1.29 is 9.13 Å². The molecule has 0 unspecified atom stereocenters. The fourth-order valence-electron chi connectivity index (χ4n) is 3.34. The van der Waals surface area contributed by atoms with Gasteiger partial charge in [0.15, 0.2) is 4.96 Å². The molecule has 0 spiro atoms. The Balaban J connectivity index is 1.58. The number of fused-ring (bicyclic) bond motifs is 3. The maximum absolute atomic E-state index is 14.1. The third-order valence-corrected chi connectivity index (χ3v) is 6.40. The lowest BCUT2D eigenvalue weighted by Gasteiger charge is -2.11. The molecule has 3 aromatic carbocycles. The molecule has 0 aliphatic heterocycles. The average molecular weight is 471 g/mol. The van der Waals surface area contributed by atoms with Crippen molar-refractivity contribution in [2.45, 2.75) is 6.61 Å². The molecular formula is C23H13Cl2FN2O2S. The number of hydrogen-bond acceptors (Lipinski definition) is 4. The van der Waals surface area contributed by atoms with E-state index in [-0.39, 0.29) is 22.8 Å². The van der Waals surface area contributed by atoms with E-state index in [0.29, 0.717) is 25.8 Å². The van der Waals surface area contributed by atoms with Gasteiger partial charge in [-0.25, -0.2) is 13.8 Å². The Labute approximate surface area is 189 Å². The molecule has 5 rings (SSSR count). The van der Waals surface area contributed by atoms with E-state index in [1.807, 2.05) is 24.3 Å². The van der Waals surface area contributed by atoms with Gasteiger partial charge in [0.25, 0.3) is 5.56 Å². The molecule has 0 N–H and O–H groups in total. The highest BCUT2D eigenvalue weighted by atomic mass is 35.5. The molecule has 2 heterocycles. The van der Waals surface area contributed by atoms with E-state index in [0.717, 1.165) is 11.0 Å². The second kappa shape index (κ2) is 7.96. The minimum absolute atomic E-state index is 0.0589. The number of ether oxygens (including phenoxy) is 1. The largest absolute Gasteiger partial charge is 0.488 e. The van der Waals surface area contributed by atoms with Gasteiger partial charge in [0, 0.05) is 16.1 Å². The maximum Gasteiger partial charge on any atom is 0.274 e. The zero-order valence-electron chi connectivity index (χ0n) is 15.8. The Morgan fingerprint density at radius 1 is 1.10 bits per heavy atom. The third-order valence-electron chi connectivity index (χ3n) is 4.84. The first-order valence-corrected chi connectivity index (χ1v) is 10.9. The van der Waals surface area contributed by atoms with Crippen LogP contribution in [0.1, 0.15) is 11.1 Å². The third kappa shape index (κ3) is 3.67. The number of nitrogens with zero attached hydrogens (tertiary/aromatic N) is 2. The molecule has 0 atom stereocenters. The van der Waals surface area contributed by atoms with Crippen LogP contribution in [0.2, 0.25) is 10.0 Å². The maximum atomic E-state index is 14.1. The van der Waals surface area contributed by atoms with Gasteiger partial charge in [-0.15, -0.1) is 0 Å². The van der Waals surface area contributed by atoms with Gasteiger partial charge in [0.1, 0.15) is 18.2 Å². The van der Waals surface area contributed by atoms with Gasteiger partial charge in [-0.3, -0.25) is 4.79 Å². The zero-order valence-corrected chi connectivity index (χ0v) is 18.1. The van der Waals surface area contributed by atoms with Crippen molar-refractivity contribution in [3.05, 3.63) is 103 Å². The predicted octanol–water partition coefficient (Wildman–Crippen LogP) is 5.48. The van der Waals surface area contributed by atoms with Crippen molar-refractivity contribution in [3.63, 3.8) is 0 Å². The SMILES string of the molecule is O=c1/c(=C/c2cc(Cl)ccc2OCc2c(F)cccc2Cl)sc2nc3ccccc3n12. The van der Waals surface area contributed by atoms with E-state index in [2.05, 4.69) is 4.98 Å². The summed E-state index contributed by atoms with van der Waals surface area (Å²) in [6, 6.07) is 17.0. The summed E-state index contributed by atoms with van der Waals surface area (Å²) in [6.07, 6.45) is 1.71. The fourth-order valence-corrected chi connectivity index (χ4v) is 4.71. The summed E-state index contributed by atoms with van der Waals surface area (Å²) in [7, 11) is 0. The van der Waals surface area contributed by atoms with Crippen LogP contribution in [0.5, 0.6) is 5.75 Å². The molecule has 0 saturated heterocycles. The van der Waals surface area contributed by atoms with Crippen molar-refractivity contribution in [1.29, 1.82) is 0 Å². The number of para-hydroxylation sites is 2. The van der Waals surface area contributed by atoms with Gasteiger partial charge in [-0.05, 0) is 48.5 Å². The molecule has 0 fully saturated rings. The first kappa shape index (κ1) is 20.0. The lowest BCUT2D eigenvalue weighted by molar-refractivity contribution is 0.299. The van der Waals surface area contributed by atoms with E-state index < -0.39 is 5.82 Å². The van der Waals surface area contributed by atoms with Crippen molar-refractivity contribution in [1.82, 2.24) is 9.38 Å². The molecule has 5 aromatic rings. The van der Waals surface area contributed by atoms with Crippen molar-refractivity contribution in [3.8, 4) is 5.75 Å². The van der Waals surface area contributed by atoms with Crippen molar-refractivity contribution in [2.75, 3.05) is 0 Å². The van der Waals surface area contributed by atoms with Crippen LogP contribution in [0.25, 0.3) is 22.1 Å². The van der Waals surface area contributed by atoms with Gasteiger partial charge in [-0.2, -0.15) is 0 Å². The molecule has 8 heteroatoms. The molecule has 0 bridgehead atoms. The van der Waals surface area contributed by atoms with E-state index in [1.165, 1.54) is 23.5 Å². The molecule has 4 nitrogen and oxygen atoms in total. The van der Waals surface area contributed by atoms with Crippen LogP contribution in [-0.4, -0.2) is 9.38 Å². The number of aromatic nitrogens is 2. The van der Waals surface area contributed by atoms with Gasteiger partial charge in [0.2, 0.25) is 0 Å². The Hall–Kier alpha value is -2.93. The Morgan fingerprint density at radius 3 is 2.77 bits per heavy atom. The topological polar surface area (TPSA) is 43.6 Å². The molecule has 0 amide bonds. The van der Waals surface area contributed by atoms with Crippen LogP contribution in [0.4, 0.5) is 4.39 Å². The number of imidazole rings is 1. The molecule has 154 valence electrons. The molecule has 0 radical (unpaired) electrons. The summed E-state index contributed by atoms with van der Waals surface area (Å²) in [5, 5.41) is 0.773. The van der Waals surface area contributed by atoms with Crippen molar-refractivity contribution >= 4 is 56.6 Å². The number of rotatable bonds is 4. The Kier molecular flexibility index (Phi) is 5.14. The van der Waals surface area contributed by atoms with Crippen molar-refractivity contribution in [2.24, 2.45) is 0 Å². The Bertz CT molecular complexity index is 1540. The van der Waals surface area contributed by atoms with Crippen LogP contribution in [0.15, 0.2) is 65.5 Å². The molecule has 0 aliphatic rings. The lowest BCUT2D eigenvalue weighted by Crippen LogP contribution is -2.22. The Morgan fingerprint density at radius 2 is 1.94 bits per heavy atom. The summed E-state index contributed by atoms with van der Waals surface area (Å²) >= 11 is 13.6. The van der Waals surface area contributed by atoms with Gasteiger partial charge in [0.05, 0.1) is 20.6 Å². The normalized spacial score (nSPS) is 12.2. The molecule has 0 saturated carbocycles. The van der Waals surface area contributed by atoms with Gasteiger partial charge < -0.3 is 4.74 Å². The smallest absolute Gasteiger partial charge is 0.274 e. The zero-order chi connectivity index (χ0) is 21.5. The summed E-state index contributed by atoms with van der Waals surface area (Å²) in [5.74, 6) is 0.0132. The average Bonchev–Trinajstić information content (AvgIpc) is 3.25. The highest BCUT2D eigenvalue weighted by molar-refractivity contribution is 7.15. The number of benzene rings is 3. The molecular weight excluding hydrogens is 458 g/mol. The monoisotopic (exact) mass is 470 g/mol. The number of halogens is 3. The quantitative estimate of drug-likeness (QED) is 0.349. The minimum atomic E-state index is -0.444. The molecule has 0 aliphatic carbocycles. The first-order valence-electron chi connectivity index (χ1n) is 9.28. The number of thiazole rings is 1. The van der Waals surface area contributed by atoms with Crippen LogP contribution < -0.4 is 14.8 Å². The first-order chi connectivity index (χ1) is 15.0. The molecule has 31 heavy (non-hydrogen) atoms. The van der Waals surface area contributed by atoms with Crippen LogP contribution in [-0.2, 0) is 6.61 Å². The summed E-state index contributed by atoms with van der Waals surface area (Å²) < 4.78 is 22.0. The van der Waals surface area contributed by atoms with E-state index in [9.17, 15) is 9.18 Å². The van der Waals surface area contributed by atoms with Gasteiger partial charge in [-0.1, -0.05) is 52.7 Å². The van der Waals surface area contributed by atoms with Crippen LogP contribution >= 0.6 is 34.5 Å². The highest BCUT2D eigenvalue weighted by Crippen LogP contribution is 2.27. The lowest BCUT2D eigenvalue weighted by atomic mass is 10.2. The highest BCUT2D eigenvalue weighted by Gasteiger charge is 2.13. The predicted molar refractivity (Wildman–Crippen MR) is 123 cm³/mol. The molecule has 2 aromatic heterocycles. The van der Waals surface area contributed by atoms with Gasteiger partial charge >= 0.3 is 0 Å². The second-order valence-corrected chi connectivity index (χ2v) is 8.66. The fraction of sp³-hybridized carbons (Fsp3) is 0.0435. The van der Waals surface area contributed by atoms with E-state index in [1.54, 1.807) is 34.7 Å². The van der Waals surface area contributed by atoms with E-state index in [4.69, 9.17) is 27.9 Å². The summed E-state index contributed by atoms with van der Waals surface area (Å²) in [6.45, 7) is -0.0589. The standard InChI is InChI=1S/C23H13Cl2FN2O2S/c24-14-8-9-20(30-12-15-16(25)4-3-5-17(15)26)13(10-14)11-21-22(29)28-19-7-2-1-6-18(19)27-23(28)31-21/h1-11H,12H2/b21-11-. The second-order valence-electron chi connectivity index (χ2n) is 6.81.